The summed E-state index contributed by atoms with van der Waals surface area (Å²) in [5.74, 6) is 0.686. The van der Waals surface area contributed by atoms with Crippen molar-refractivity contribution in [3.05, 3.63) is 53.6 Å². The average Bonchev–Trinajstić information content (AvgIpc) is 3.22. The van der Waals surface area contributed by atoms with Crippen LogP contribution in [0.5, 0.6) is 5.75 Å². The summed E-state index contributed by atoms with van der Waals surface area (Å²) in [6, 6.07) is 14.3. The van der Waals surface area contributed by atoms with Gasteiger partial charge in [-0.3, -0.25) is 0 Å². The number of nitrogens with one attached hydrogen (secondary N) is 2. The van der Waals surface area contributed by atoms with Crippen LogP contribution in [0, 0.1) is 0 Å². The van der Waals surface area contributed by atoms with Crippen molar-refractivity contribution < 1.29 is 9.53 Å². The van der Waals surface area contributed by atoms with Crippen molar-refractivity contribution in [1.29, 1.82) is 0 Å². The maximum absolute atomic E-state index is 11.6. The zero-order valence-electron chi connectivity index (χ0n) is 13.4. The maximum atomic E-state index is 11.6. The highest BCUT2D eigenvalue weighted by Crippen LogP contribution is 2.39. The van der Waals surface area contributed by atoms with Gasteiger partial charge in [0.1, 0.15) is 18.0 Å². The molecule has 2 aliphatic heterocycles. The first kappa shape index (κ1) is 15.0. The minimum atomic E-state index is -0.328. The van der Waals surface area contributed by atoms with Crippen LogP contribution in [0.25, 0.3) is 0 Å². The van der Waals surface area contributed by atoms with Crippen molar-refractivity contribution in [2.75, 3.05) is 18.5 Å². The molecule has 0 bridgehead atoms. The summed E-state index contributed by atoms with van der Waals surface area (Å²) in [5.41, 5.74) is 3.69. The standard InChI is InChI=1S/C19H20N3O2/c23-19-21-16-10-14(9-13-5-2-1-3-6-13)11-17(18(16)22-19)24-12-15-7-4-8-20-15/h1-3,5-6,10-11,15,20H,4,7-9,12H2,(H,21,23). The number of amides is 2. The first-order valence-corrected chi connectivity index (χ1v) is 8.38. The van der Waals surface area contributed by atoms with E-state index < -0.39 is 0 Å². The van der Waals surface area contributed by atoms with E-state index in [0.29, 0.717) is 24.1 Å². The number of carbonyl (C=O) groups excluding carboxylic acids is 1. The van der Waals surface area contributed by atoms with Gasteiger partial charge in [0.2, 0.25) is 0 Å². The molecule has 2 amide bonds. The zero-order valence-corrected chi connectivity index (χ0v) is 13.4. The van der Waals surface area contributed by atoms with Crippen molar-refractivity contribution in [1.82, 2.24) is 10.6 Å². The Morgan fingerprint density at radius 3 is 2.83 bits per heavy atom. The van der Waals surface area contributed by atoms with E-state index in [1.165, 1.54) is 12.0 Å². The Bertz CT molecular complexity index is 740. The first-order valence-electron chi connectivity index (χ1n) is 8.38. The second-order valence-corrected chi connectivity index (χ2v) is 6.30. The Kier molecular flexibility index (Phi) is 4.09. The minimum Gasteiger partial charge on any atom is -0.490 e. The van der Waals surface area contributed by atoms with Crippen LogP contribution in [0.1, 0.15) is 24.0 Å². The van der Waals surface area contributed by atoms with E-state index >= 15 is 0 Å². The van der Waals surface area contributed by atoms with Crippen LogP contribution in [-0.4, -0.2) is 25.2 Å². The third-order valence-corrected chi connectivity index (χ3v) is 4.44. The van der Waals surface area contributed by atoms with Gasteiger partial charge in [0.25, 0.3) is 0 Å². The number of nitrogens with zero attached hydrogens (tertiary/aromatic N) is 1. The van der Waals surface area contributed by atoms with Gasteiger partial charge in [0.15, 0.2) is 0 Å². The van der Waals surface area contributed by atoms with Gasteiger partial charge in [-0.2, -0.15) is 5.32 Å². The van der Waals surface area contributed by atoms with E-state index in [1.54, 1.807) is 0 Å². The van der Waals surface area contributed by atoms with Gasteiger partial charge in [-0.05, 0) is 49.1 Å². The fourth-order valence-corrected chi connectivity index (χ4v) is 3.25. The molecule has 5 heteroatoms. The van der Waals surface area contributed by atoms with E-state index in [4.69, 9.17) is 4.74 Å². The summed E-state index contributed by atoms with van der Waals surface area (Å²) in [6.07, 6.45) is 3.10. The largest absolute Gasteiger partial charge is 0.490 e. The number of benzene rings is 2. The Hall–Kier alpha value is -2.53. The number of carbonyl (C=O) groups is 1. The number of ether oxygens (including phenoxy) is 1. The molecule has 0 aliphatic carbocycles. The topological polar surface area (TPSA) is 64.5 Å². The lowest BCUT2D eigenvalue weighted by Gasteiger charge is -2.15. The summed E-state index contributed by atoms with van der Waals surface area (Å²) in [7, 11) is 0. The smallest absolute Gasteiger partial charge is 0.346 e. The first-order chi connectivity index (χ1) is 11.8. The van der Waals surface area contributed by atoms with Crippen LogP contribution in [0.2, 0.25) is 0 Å². The molecule has 5 nitrogen and oxygen atoms in total. The molecule has 0 aromatic heterocycles. The monoisotopic (exact) mass is 322 g/mol. The molecule has 1 saturated heterocycles. The van der Waals surface area contributed by atoms with Crippen molar-refractivity contribution in [2.24, 2.45) is 0 Å². The fourth-order valence-electron chi connectivity index (χ4n) is 3.25. The molecule has 0 saturated carbocycles. The Labute approximate surface area is 141 Å². The predicted molar refractivity (Wildman–Crippen MR) is 93.0 cm³/mol. The van der Waals surface area contributed by atoms with Crippen molar-refractivity contribution >= 4 is 17.4 Å². The lowest BCUT2D eigenvalue weighted by Crippen LogP contribution is -2.28. The van der Waals surface area contributed by atoms with Crippen LogP contribution in [0.3, 0.4) is 0 Å². The summed E-state index contributed by atoms with van der Waals surface area (Å²) < 4.78 is 6.01. The Morgan fingerprint density at radius 1 is 1.17 bits per heavy atom. The SMILES string of the molecule is O=C1[N]c2c(cc(Cc3ccccc3)cc2OCC2CCCN2)N1. The van der Waals surface area contributed by atoms with Crippen LogP contribution < -0.4 is 20.7 Å². The highest BCUT2D eigenvalue weighted by molar-refractivity contribution is 6.04. The van der Waals surface area contributed by atoms with Crippen LogP contribution in [-0.2, 0) is 6.42 Å². The molecule has 2 aromatic carbocycles. The number of fused-ring (bicyclic) bond motifs is 1. The second kappa shape index (κ2) is 6.53. The van der Waals surface area contributed by atoms with Gasteiger partial charge < -0.3 is 15.4 Å². The highest BCUT2D eigenvalue weighted by Gasteiger charge is 2.25. The number of rotatable bonds is 5. The molecule has 2 aliphatic rings. The molecule has 4 rings (SSSR count). The van der Waals surface area contributed by atoms with E-state index in [0.717, 1.165) is 30.6 Å². The average molecular weight is 322 g/mol. The molecule has 0 spiro atoms. The van der Waals surface area contributed by atoms with Crippen molar-refractivity contribution in [3.63, 3.8) is 0 Å². The van der Waals surface area contributed by atoms with Crippen LogP contribution in [0.15, 0.2) is 42.5 Å². The van der Waals surface area contributed by atoms with Gasteiger partial charge in [-0.25, -0.2) is 4.79 Å². The van der Waals surface area contributed by atoms with Crippen LogP contribution >= 0.6 is 0 Å². The molecule has 1 unspecified atom stereocenters. The number of anilines is 1. The van der Waals surface area contributed by atoms with Gasteiger partial charge in [0, 0.05) is 6.04 Å². The molecule has 1 radical (unpaired) electrons. The molecular weight excluding hydrogens is 302 g/mol. The normalized spacial score (nSPS) is 18.8. The second-order valence-electron chi connectivity index (χ2n) is 6.30. The summed E-state index contributed by atoms with van der Waals surface area (Å²) in [5, 5.41) is 10.3. The van der Waals surface area contributed by atoms with E-state index in [-0.39, 0.29) is 6.03 Å². The number of urea groups is 1. The third-order valence-electron chi connectivity index (χ3n) is 4.44. The molecule has 123 valence electrons. The van der Waals surface area contributed by atoms with E-state index in [9.17, 15) is 4.79 Å². The van der Waals surface area contributed by atoms with Gasteiger partial charge >= 0.3 is 6.03 Å². The predicted octanol–water partition coefficient (Wildman–Crippen LogP) is 3.19. The van der Waals surface area contributed by atoms with E-state index in [1.807, 2.05) is 30.3 Å². The fraction of sp³-hybridized carbons (Fsp3) is 0.316. The maximum Gasteiger partial charge on any atom is 0.346 e. The number of hydrogen-bond acceptors (Lipinski definition) is 3. The quantitative estimate of drug-likeness (QED) is 0.888. The minimum absolute atomic E-state index is 0.328. The van der Waals surface area contributed by atoms with Gasteiger partial charge in [0.05, 0.1) is 5.69 Å². The molecule has 2 N–H and O–H groups in total. The molecule has 2 aromatic rings. The molecule has 2 heterocycles. The molecule has 24 heavy (non-hydrogen) atoms. The Morgan fingerprint density at radius 2 is 2.04 bits per heavy atom. The molecule has 1 fully saturated rings. The van der Waals surface area contributed by atoms with Crippen LogP contribution in [0.4, 0.5) is 16.2 Å². The highest BCUT2D eigenvalue weighted by atomic mass is 16.5. The Balaban J connectivity index is 1.57. The lowest BCUT2D eigenvalue weighted by atomic mass is 10.0. The van der Waals surface area contributed by atoms with Gasteiger partial charge in [-0.1, -0.05) is 30.3 Å². The van der Waals surface area contributed by atoms with E-state index in [2.05, 4.69) is 28.1 Å². The lowest BCUT2D eigenvalue weighted by molar-refractivity contribution is 0.255. The molecule has 1 atom stereocenters. The third kappa shape index (κ3) is 3.21. The summed E-state index contributed by atoms with van der Waals surface area (Å²) in [4.78, 5) is 11.6. The summed E-state index contributed by atoms with van der Waals surface area (Å²) in [6.45, 7) is 1.65. The zero-order chi connectivity index (χ0) is 16.4. The van der Waals surface area contributed by atoms with Crippen molar-refractivity contribution in [3.8, 4) is 5.75 Å². The molecular formula is C19H20N3O2. The number of hydrogen-bond donors (Lipinski definition) is 2. The van der Waals surface area contributed by atoms with Crippen molar-refractivity contribution in [2.45, 2.75) is 25.3 Å². The van der Waals surface area contributed by atoms with Gasteiger partial charge in [-0.15, -0.1) is 0 Å². The summed E-state index contributed by atoms with van der Waals surface area (Å²) >= 11 is 0.